The average Bonchev–Trinajstić information content (AvgIpc) is 2.74. The molecule has 19 heavy (non-hydrogen) atoms. The van der Waals surface area contributed by atoms with Gasteiger partial charge < -0.3 is 24.0 Å². The van der Waals surface area contributed by atoms with E-state index >= 15 is 0 Å². The lowest BCUT2D eigenvalue weighted by Gasteiger charge is -2.00. The Morgan fingerprint density at radius 1 is 1.00 bits per heavy atom. The molecule has 0 fully saturated rings. The molecule has 0 N–H and O–H groups in total. The number of thiazole rings is 1. The van der Waals surface area contributed by atoms with E-state index in [-0.39, 0.29) is 24.0 Å². The zero-order valence-corrected chi connectivity index (χ0v) is 14.0. The summed E-state index contributed by atoms with van der Waals surface area (Å²) in [5.41, 5.74) is 3.93. The minimum atomic E-state index is 0. The second-order valence-corrected chi connectivity index (χ2v) is 5.65. The van der Waals surface area contributed by atoms with Crippen molar-refractivity contribution in [2.45, 2.75) is 20.4 Å². The summed E-state index contributed by atoms with van der Waals surface area (Å²) in [4.78, 5) is 0. The fourth-order valence-corrected chi connectivity index (χ4v) is 3.47. The molecule has 2 aromatic carbocycles. The Bertz CT molecular complexity index is 689. The Kier molecular flexibility index (Phi) is 4.58. The zero-order valence-electron chi connectivity index (χ0n) is 11.1. The van der Waals surface area contributed by atoms with Gasteiger partial charge in [0.05, 0.1) is 0 Å². The van der Waals surface area contributed by atoms with E-state index in [1.54, 1.807) is 0 Å². The van der Waals surface area contributed by atoms with Crippen molar-refractivity contribution in [3.63, 3.8) is 0 Å². The molecular weight excluding hydrogens is 365 g/mol. The number of nitrogens with zero attached hydrogens (tertiary/aromatic N) is 1. The summed E-state index contributed by atoms with van der Waals surface area (Å²) < 4.78 is 3.75. The monoisotopic (exact) mass is 381 g/mol. The van der Waals surface area contributed by atoms with E-state index in [1.807, 2.05) is 11.3 Å². The zero-order chi connectivity index (χ0) is 12.5. The summed E-state index contributed by atoms with van der Waals surface area (Å²) in [6, 6.07) is 17.3. The largest absolute Gasteiger partial charge is 1.00 e. The molecule has 98 valence electrons. The van der Waals surface area contributed by atoms with Crippen LogP contribution in [0.25, 0.3) is 21.3 Å². The number of fused-ring (bicyclic) bond motifs is 1. The van der Waals surface area contributed by atoms with Gasteiger partial charge in [0.25, 0.3) is 0 Å². The number of hydrogen-bond donors (Lipinski definition) is 0. The van der Waals surface area contributed by atoms with Crippen LogP contribution in [0.1, 0.15) is 11.9 Å². The topological polar surface area (TPSA) is 3.88 Å². The highest BCUT2D eigenvalue weighted by atomic mass is 127. The molecule has 0 aliphatic heterocycles. The average molecular weight is 381 g/mol. The van der Waals surface area contributed by atoms with Gasteiger partial charge in [0.2, 0.25) is 10.5 Å². The Morgan fingerprint density at radius 3 is 2.42 bits per heavy atom. The predicted octanol–water partition coefficient (Wildman–Crippen LogP) is 1.19. The maximum atomic E-state index is 2.38. The molecule has 3 rings (SSSR count). The van der Waals surface area contributed by atoms with Gasteiger partial charge in [-0.3, -0.25) is 0 Å². The van der Waals surface area contributed by atoms with Gasteiger partial charge >= 0.3 is 0 Å². The Labute approximate surface area is 134 Å². The summed E-state index contributed by atoms with van der Waals surface area (Å²) in [7, 11) is 0. The minimum Gasteiger partial charge on any atom is -1.00 e. The first-order chi connectivity index (χ1) is 8.79. The van der Waals surface area contributed by atoms with Crippen LogP contribution in [0.5, 0.6) is 0 Å². The highest BCUT2D eigenvalue weighted by Gasteiger charge is 2.15. The lowest BCUT2D eigenvalue weighted by atomic mass is 10.1. The first kappa shape index (κ1) is 14.5. The third-order valence-corrected chi connectivity index (χ3v) is 4.39. The van der Waals surface area contributed by atoms with Crippen molar-refractivity contribution >= 4 is 21.6 Å². The Hall–Kier alpha value is -0.940. The van der Waals surface area contributed by atoms with Crippen LogP contribution in [0.15, 0.2) is 48.5 Å². The van der Waals surface area contributed by atoms with E-state index in [0.717, 1.165) is 6.54 Å². The molecule has 3 aromatic rings. The summed E-state index contributed by atoms with van der Waals surface area (Å²) in [5, 5.41) is 1.37. The lowest BCUT2D eigenvalue weighted by Crippen LogP contribution is -3.00. The van der Waals surface area contributed by atoms with Gasteiger partial charge in [0.15, 0.2) is 0 Å². The van der Waals surface area contributed by atoms with Crippen molar-refractivity contribution in [2.24, 2.45) is 0 Å². The Morgan fingerprint density at radius 2 is 1.74 bits per heavy atom. The fraction of sp³-hybridized carbons (Fsp3) is 0.188. The van der Waals surface area contributed by atoms with Crippen molar-refractivity contribution in [1.82, 2.24) is 0 Å². The van der Waals surface area contributed by atoms with Gasteiger partial charge in [-0.25, -0.2) is 0 Å². The summed E-state index contributed by atoms with van der Waals surface area (Å²) >= 11 is 1.87. The van der Waals surface area contributed by atoms with Gasteiger partial charge in [-0.05, 0) is 24.1 Å². The third kappa shape index (κ3) is 2.67. The van der Waals surface area contributed by atoms with E-state index < -0.39 is 0 Å². The van der Waals surface area contributed by atoms with E-state index in [1.165, 1.54) is 26.4 Å². The molecule has 0 atom stereocenters. The maximum Gasteiger partial charge on any atom is 0.235 e. The molecule has 0 unspecified atom stereocenters. The normalized spacial score (nSPS) is 10.4. The maximum absolute atomic E-state index is 2.38. The molecule has 0 aliphatic carbocycles. The molecule has 1 aromatic heterocycles. The smallest absolute Gasteiger partial charge is 0.235 e. The first-order valence-corrected chi connectivity index (χ1v) is 7.09. The van der Waals surface area contributed by atoms with Crippen molar-refractivity contribution in [2.75, 3.05) is 0 Å². The van der Waals surface area contributed by atoms with Gasteiger partial charge in [-0.15, -0.1) is 0 Å². The first-order valence-electron chi connectivity index (χ1n) is 6.28. The van der Waals surface area contributed by atoms with Crippen LogP contribution in [-0.2, 0) is 6.54 Å². The fourth-order valence-electron chi connectivity index (χ4n) is 2.40. The summed E-state index contributed by atoms with van der Waals surface area (Å²) in [6.45, 7) is 5.43. The van der Waals surface area contributed by atoms with Crippen molar-refractivity contribution in [3.05, 3.63) is 53.5 Å². The number of benzene rings is 2. The number of hydrogen-bond acceptors (Lipinski definition) is 1. The highest BCUT2D eigenvalue weighted by Crippen LogP contribution is 2.26. The van der Waals surface area contributed by atoms with Crippen LogP contribution in [0.4, 0.5) is 0 Å². The standard InChI is InChI=1S/C16H16NS.HI/c1-3-17-12(2)18-16-10-9-14(11-15(16)17)13-7-5-4-6-8-13;/h4-11H,3H2,1-2H3;1H/q+1;/p-1. The molecule has 0 bridgehead atoms. The number of rotatable bonds is 2. The van der Waals surface area contributed by atoms with Gasteiger partial charge in [-0.1, -0.05) is 47.7 Å². The van der Waals surface area contributed by atoms with Crippen molar-refractivity contribution < 1.29 is 28.5 Å². The van der Waals surface area contributed by atoms with Crippen LogP contribution < -0.4 is 28.5 Å². The van der Waals surface area contributed by atoms with Crippen LogP contribution in [0.2, 0.25) is 0 Å². The SMILES string of the molecule is CC[n+]1c(C)sc2ccc(-c3ccccc3)cc21.[I-]. The molecule has 0 aliphatic rings. The number of halogens is 1. The second-order valence-electron chi connectivity index (χ2n) is 4.41. The second kappa shape index (κ2) is 6.01. The van der Waals surface area contributed by atoms with Gasteiger partial charge in [0.1, 0.15) is 11.2 Å². The van der Waals surface area contributed by atoms with Crippen molar-refractivity contribution in [1.29, 1.82) is 0 Å². The molecule has 0 spiro atoms. The molecule has 3 heteroatoms. The van der Waals surface area contributed by atoms with Crippen LogP contribution >= 0.6 is 11.3 Å². The van der Waals surface area contributed by atoms with Crippen LogP contribution in [-0.4, -0.2) is 0 Å². The lowest BCUT2D eigenvalue weighted by molar-refractivity contribution is -0.669. The molecule has 0 amide bonds. The van der Waals surface area contributed by atoms with Crippen molar-refractivity contribution in [3.8, 4) is 11.1 Å². The summed E-state index contributed by atoms with van der Waals surface area (Å²) in [6.07, 6.45) is 0. The van der Waals surface area contributed by atoms with Crippen LogP contribution in [0.3, 0.4) is 0 Å². The highest BCUT2D eigenvalue weighted by molar-refractivity contribution is 7.18. The van der Waals surface area contributed by atoms with E-state index in [2.05, 4.69) is 66.9 Å². The third-order valence-electron chi connectivity index (χ3n) is 3.31. The van der Waals surface area contributed by atoms with E-state index in [9.17, 15) is 0 Å². The quantitative estimate of drug-likeness (QED) is 0.464. The predicted molar refractivity (Wildman–Crippen MR) is 77.9 cm³/mol. The molecule has 1 nitrogen and oxygen atoms in total. The van der Waals surface area contributed by atoms with Gasteiger partial charge in [0, 0.05) is 13.0 Å². The molecule has 0 radical (unpaired) electrons. The molecule has 1 heterocycles. The molecule has 0 saturated carbocycles. The minimum absolute atomic E-state index is 0. The van der Waals surface area contributed by atoms with E-state index in [0.29, 0.717) is 0 Å². The molecular formula is C16H16INS. The van der Waals surface area contributed by atoms with Gasteiger partial charge in [-0.2, -0.15) is 4.57 Å². The van der Waals surface area contributed by atoms with Crippen LogP contribution in [0, 0.1) is 6.92 Å². The Balaban J connectivity index is 0.00000133. The number of aromatic nitrogens is 1. The molecule has 0 saturated heterocycles. The number of aryl methyl sites for hydroxylation is 2. The van der Waals surface area contributed by atoms with E-state index in [4.69, 9.17) is 0 Å². The summed E-state index contributed by atoms with van der Waals surface area (Å²) in [5.74, 6) is 0.